The van der Waals surface area contributed by atoms with Gasteiger partial charge in [0.15, 0.2) is 5.69 Å². The molecule has 0 spiro atoms. The number of hydrogen-bond donors (Lipinski definition) is 1. The average Bonchev–Trinajstić information content (AvgIpc) is 2.96. The van der Waals surface area contributed by atoms with Crippen molar-refractivity contribution in [2.24, 2.45) is 0 Å². The van der Waals surface area contributed by atoms with E-state index in [1.165, 1.54) is 11.3 Å². The van der Waals surface area contributed by atoms with Crippen LogP contribution in [-0.2, 0) is 4.74 Å². The van der Waals surface area contributed by atoms with E-state index in [9.17, 15) is 4.79 Å². The van der Waals surface area contributed by atoms with Crippen LogP contribution >= 0.6 is 11.3 Å². The Morgan fingerprint density at radius 1 is 1.24 bits per heavy atom. The van der Waals surface area contributed by atoms with Crippen molar-refractivity contribution in [3.05, 3.63) is 53.7 Å². The van der Waals surface area contributed by atoms with Crippen LogP contribution in [0.1, 0.15) is 17.4 Å². The molecule has 21 heavy (non-hydrogen) atoms. The Morgan fingerprint density at radius 3 is 2.90 bits per heavy atom. The number of aromatic nitrogens is 1. The molecule has 3 rings (SSSR count). The zero-order valence-electron chi connectivity index (χ0n) is 11.5. The number of carbonyl (C=O) groups excluding carboxylic acids is 1. The van der Waals surface area contributed by atoms with Crippen molar-refractivity contribution in [1.82, 2.24) is 4.98 Å². The molecule has 3 aromatic rings. The van der Waals surface area contributed by atoms with Crippen LogP contribution in [0.2, 0.25) is 0 Å². The van der Waals surface area contributed by atoms with Gasteiger partial charge in [0.1, 0.15) is 5.00 Å². The second kappa shape index (κ2) is 5.93. The number of ether oxygens (including phenoxy) is 1. The molecule has 5 heteroatoms. The fourth-order valence-corrected chi connectivity index (χ4v) is 2.82. The summed E-state index contributed by atoms with van der Waals surface area (Å²) in [4.78, 5) is 16.0. The van der Waals surface area contributed by atoms with Gasteiger partial charge in [-0.3, -0.25) is 0 Å². The summed E-state index contributed by atoms with van der Waals surface area (Å²) in [5.41, 5.74) is 2.91. The van der Waals surface area contributed by atoms with Crippen molar-refractivity contribution in [3.8, 4) is 0 Å². The lowest BCUT2D eigenvalue weighted by molar-refractivity contribution is 0.0521. The smallest absolute Gasteiger partial charge is 0.360 e. The van der Waals surface area contributed by atoms with Gasteiger partial charge in [0.05, 0.1) is 12.1 Å². The lowest BCUT2D eigenvalue weighted by Crippen LogP contribution is -2.07. The number of nitrogens with zero attached hydrogens (tertiary/aromatic N) is 1. The Labute approximate surface area is 126 Å². The molecule has 0 bridgehead atoms. The molecule has 0 radical (unpaired) electrons. The Morgan fingerprint density at radius 2 is 2.05 bits per heavy atom. The van der Waals surface area contributed by atoms with Gasteiger partial charge in [-0.1, -0.05) is 36.4 Å². The van der Waals surface area contributed by atoms with E-state index in [-0.39, 0.29) is 0 Å². The summed E-state index contributed by atoms with van der Waals surface area (Å²) in [6.07, 6.45) is 0. The zero-order chi connectivity index (χ0) is 14.7. The fraction of sp³-hybridized carbons (Fsp3) is 0.125. The minimum atomic E-state index is -0.401. The molecule has 2 aromatic carbocycles. The number of carbonyl (C=O) groups is 1. The third-order valence-electron chi connectivity index (χ3n) is 3.07. The predicted molar refractivity (Wildman–Crippen MR) is 85.3 cm³/mol. The van der Waals surface area contributed by atoms with Gasteiger partial charge in [0.2, 0.25) is 0 Å². The van der Waals surface area contributed by atoms with Crippen molar-refractivity contribution in [2.75, 3.05) is 11.9 Å². The monoisotopic (exact) mass is 298 g/mol. The third kappa shape index (κ3) is 2.73. The maximum absolute atomic E-state index is 11.9. The summed E-state index contributed by atoms with van der Waals surface area (Å²) in [6, 6.07) is 14.1. The highest BCUT2D eigenvalue weighted by atomic mass is 32.1. The first kappa shape index (κ1) is 13.6. The fourth-order valence-electron chi connectivity index (χ4n) is 2.14. The molecule has 1 heterocycles. The third-order valence-corrected chi connectivity index (χ3v) is 3.82. The Hall–Kier alpha value is -2.40. The molecule has 4 nitrogen and oxygen atoms in total. The minimum Gasteiger partial charge on any atom is -0.461 e. The van der Waals surface area contributed by atoms with Crippen LogP contribution in [0.15, 0.2) is 48.0 Å². The van der Waals surface area contributed by atoms with Gasteiger partial charge in [-0.15, -0.1) is 11.3 Å². The van der Waals surface area contributed by atoms with Crippen LogP contribution in [-0.4, -0.2) is 17.6 Å². The van der Waals surface area contributed by atoms with Gasteiger partial charge in [0.25, 0.3) is 0 Å². The summed E-state index contributed by atoms with van der Waals surface area (Å²) in [5.74, 6) is -0.401. The molecule has 0 saturated carbocycles. The summed E-state index contributed by atoms with van der Waals surface area (Å²) >= 11 is 1.38. The quantitative estimate of drug-likeness (QED) is 0.733. The molecule has 1 aromatic heterocycles. The van der Waals surface area contributed by atoms with Gasteiger partial charge < -0.3 is 10.1 Å². The highest BCUT2D eigenvalue weighted by Gasteiger charge is 2.16. The maximum Gasteiger partial charge on any atom is 0.360 e. The Balaban J connectivity index is 1.96. The summed E-state index contributed by atoms with van der Waals surface area (Å²) in [6.45, 7) is 2.12. The normalized spacial score (nSPS) is 10.5. The minimum absolute atomic E-state index is 0.329. The Bertz CT molecular complexity index is 777. The van der Waals surface area contributed by atoms with Crippen molar-refractivity contribution < 1.29 is 9.53 Å². The number of hydrogen-bond acceptors (Lipinski definition) is 5. The van der Waals surface area contributed by atoms with Crippen LogP contribution < -0.4 is 5.32 Å². The number of thiazole rings is 1. The van der Waals surface area contributed by atoms with Crippen LogP contribution in [0.25, 0.3) is 10.8 Å². The van der Waals surface area contributed by atoms with E-state index in [0.717, 1.165) is 16.5 Å². The number of anilines is 2. The van der Waals surface area contributed by atoms with Gasteiger partial charge in [-0.25, -0.2) is 9.78 Å². The first-order chi connectivity index (χ1) is 10.3. The molecule has 1 N–H and O–H groups in total. The van der Waals surface area contributed by atoms with Crippen LogP contribution in [0.3, 0.4) is 0 Å². The largest absolute Gasteiger partial charge is 0.461 e. The van der Waals surface area contributed by atoms with E-state index < -0.39 is 5.97 Å². The molecule has 106 valence electrons. The molecular weight excluding hydrogens is 284 g/mol. The molecular formula is C16H14N2O2S. The first-order valence-electron chi connectivity index (χ1n) is 6.65. The van der Waals surface area contributed by atoms with Crippen molar-refractivity contribution in [2.45, 2.75) is 6.92 Å². The predicted octanol–water partition coefficient (Wildman–Crippen LogP) is 4.22. The Kier molecular flexibility index (Phi) is 3.83. The van der Waals surface area contributed by atoms with Gasteiger partial charge in [0, 0.05) is 11.1 Å². The SMILES string of the molecule is CCOC(=O)c1ncsc1Nc1cccc2ccccc12. The molecule has 0 aliphatic carbocycles. The average molecular weight is 298 g/mol. The molecule has 0 unspecified atom stereocenters. The molecule has 0 aliphatic heterocycles. The van der Waals surface area contributed by atoms with Gasteiger partial charge in [-0.05, 0) is 18.4 Å². The summed E-state index contributed by atoms with van der Waals surface area (Å²) in [5, 5.41) is 6.23. The molecule has 0 amide bonds. The number of nitrogens with one attached hydrogen (secondary N) is 1. The van der Waals surface area contributed by atoms with E-state index in [4.69, 9.17) is 4.74 Å². The molecule has 0 atom stereocenters. The van der Waals surface area contributed by atoms with Crippen molar-refractivity contribution in [3.63, 3.8) is 0 Å². The molecule has 0 saturated heterocycles. The topological polar surface area (TPSA) is 51.2 Å². The van der Waals surface area contributed by atoms with E-state index >= 15 is 0 Å². The maximum atomic E-state index is 11.9. The first-order valence-corrected chi connectivity index (χ1v) is 7.53. The number of benzene rings is 2. The van der Waals surface area contributed by atoms with E-state index in [2.05, 4.69) is 22.4 Å². The number of esters is 1. The highest BCUT2D eigenvalue weighted by molar-refractivity contribution is 7.14. The lowest BCUT2D eigenvalue weighted by Gasteiger charge is -2.09. The van der Waals surface area contributed by atoms with Crippen molar-refractivity contribution >= 4 is 38.8 Å². The van der Waals surface area contributed by atoms with Crippen LogP contribution in [0.4, 0.5) is 10.7 Å². The molecule has 0 fully saturated rings. The van der Waals surface area contributed by atoms with Gasteiger partial charge >= 0.3 is 5.97 Å². The second-order valence-corrected chi connectivity index (χ2v) is 5.26. The van der Waals surface area contributed by atoms with Gasteiger partial charge in [-0.2, -0.15) is 0 Å². The summed E-state index contributed by atoms with van der Waals surface area (Å²) < 4.78 is 5.02. The van der Waals surface area contributed by atoms with Crippen LogP contribution in [0, 0.1) is 0 Å². The van der Waals surface area contributed by atoms with E-state index in [0.29, 0.717) is 17.3 Å². The number of rotatable bonds is 4. The lowest BCUT2D eigenvalue weighted by atomic mass is 10.1. The number of fused-ring (bicyclic) bond motifs is 1. The highest BCUT2D eigenvalue weighted by Crippen LogP contribution is 2.30. The van der Waals surface area contributed by atoms with E-state index in [1.807, 2.05) is 30.3 Å². The van der Waals surface area contributed by atoms with Crippen LogP contribution in [0.5, 0.6) is 0 Å². The second-order valence-electron chi connectivity index (χ2n) is 4.40. The standard InChI is InChI=1S/C16H14N2O2S/c1-2-20-16(19)14-15(21-10-17-14)18-13-9-5-7-11-6-3-4-8-12(11)13/h3-10,18H,2H2,1H3. The molecule has 0 aliphatic rings. The summed E-state index contributed by atoms with van der Waals surface area (Å²) in [7, 11) is 0. The van der Waals surface area contributed by atoms with E-state index in [1.54, 1.807) is 12.4 Å². The van der Waals surface area contributed by atoms with Crippen molar-refractivity contribution in [1.29, 1.82) is 0 Å². The zero-order valence-corrected chi connectivity index (χ0v) is 12.3.